The van der Waals surface area contributed by atoms with Crippen LogP contribution in [0.3, 0.4) is 0 Å². The largest absolute Gasteiger partial charge is 0.325 e. The summed E-state index contributed by atoms with van der Waals surface area (Å²) >= 11 is 1.68. The molecule has 0 fully saturated rings. The third kappa shape index (κ3) is 1.70. The summed E-state index contributed by atoms with van der Waals surface area (Å²) in [7, 11) is 1.96. The highest BCUT2D eigenvalue weighted by molar-refractivity contribution is 7.21. The van der Waals surface area contributed by atoms with E-state index in [9.17, 15) is 0 Å². The highest BCUT2D eigenvalue weighted by atomic mass is 32.1. The molecule has 6 heteroatoms. The van der Waals surface area contributed by atoms with Gasteiger partial charge in [0.2, 0.25) is 0 Å². The van der Waals surface area contributed by atoms with Gasteiger partial charge < -0.3 is 5.73 Å². The highest BCUT2D eigenvalue weighted by Gasteiger charge is 2.12. The second-order valence-corrected chi connectivity index (χ2v) is 5.18. The number of fused-ring (bicyclic) bond motifs is 1. The molecule has 92 valence electrons. The molecule has 0 unspecified atom stereocenters. The summed E-state index contributed by atoms with van der Waals surface area (Å²) in [5, 5.41) is 13.9. The van der Waals surface area contributed by atoms with E-state index in [0.29, 0.717) is 6.54 Å². The third-order valence-corrected chi connectivity index (χ3v) is 4.10. The number of hydrogen-bond donors (Lipinski definition) is 1. The average Bonchev–Trinajstić information content (AvgIpc) is 2.93. The molecule has 3 aromatic rings. The van der Waals surface area contributed by atoms with Gasteiger partial charge in [-0.25, -0.2) is 0 Å². The minimum Gasteiger partial charge on any atom is -0.325 e. The standard InChI is InChI=1S/C12H13N5S/c1-7-9-5-11(18-12(9)17(2)16-7)10-4-3-8(6-13)14-15-10/h3-5H,6,13H2,1-2H3. The van der Waals surface area contributed by atoms with E-state index in [0.717, 1.165) is 26.8 Å². The molecular formula is C12H13N5S. The monoisotopic (exact) mass is 259 g/mol. The fourth-order valence-electron chi connectivity index (χ4n) is 1.93. The number of aryl methyl sites for hydroxylation is 2. The lowest BCUT2D eigenvalue weighted by Crippen LogP contribution is -2.00. The van der Waals surface area contributed by atoms with Gasteiger partial charge in [0.05, 0.1) is 16.3 Å². The van der Waals surface area contributed by atoms with Crippen LogP contribution in [0.1, 0.15) is 11.4 Å². The quantitative estimate of drug-likeness (QED) is 0.762. The fourth-order valence-corrected chi connectivity index (χ4v) is 3.02. The lowest BCUT2D eigenvalue weighted by molar-refractivity contribution is 0.788. The van der Waals surface area contributed by atoms with Crippen LogP contribution < -0.4 is 5.73 Å². The van der Waals surface area contributed by atoms with Crippen molar-refractivity contribution in [2.75, 3.05) is 0 Å². The summed E-state index contributed by atoms with van der Waals surface area (Å²) in [5.41, 5.74) is 8.24. The lowest BCUT2D eigenvalue weighted by Gasteiger charge is -1.97. The van der Waals surface area contributed by atoms with Gasteiger partial charge in [-0.3, -0.25) is 4.68 Å². The van der Waals surface area contributed by atoms with Crippen LogP contribution in [0.15, 0.2) is 18.2 Å². The molecule has 0 aliphatic carbocycles. The summed E-state index contributed by atoms with van der Waals surface area (Å²) in [6.07, 6.45) is 0. The minimum absolute atomic E-state index is 0.419. The molecule has 2 N–H and O–H groups in total. The van der Waals surface area contributed by atoms with Crippen LogP contribution in [-0.4, -0.2) is 20.0 Å². The molecule has 3 heterocycles. The number of hydrogen-bond acceptors (Lipinski definition) is 5. The van der Waals surface area contributed by atoms with Crippen molar-refractivity contribution in [1.82, 2.24) is 20.0 Å². The predicted octanol–water partition coefficient (Wildman–Crippen LogP) is 1.86. The molecule has 18 heavy (non-hydrogen) atoms. The number of thiophene rings is 1. The van der Waals surface area contributed by atoms with Crippen molar-refractivity contribution in [2.24, 2.45) is 12.8 Å². The number of rotatable bonds is 2. The molecule has 3 rings (SSSR count). The van der Waals surface area contributed by atoms with Gasteiger partial charge in [-0.05, 0) is 25.1 Å². The van der Waals surface area contributed by atoms with Gasteiger partial charge in [-0.1, -0.05) is 0 Å². The van der Waals surface area contributed by atoms with Crippen molar-refractivity contribution in [1.29, 1.82) is 0 Å². The molecule has 5 nitrogen and oxygen atoms in total. The molecule has 0 saturated heterocycles. The Morgan fingerprint density at radius 2 is 2.17 bits per heavy atom. The SMILES string of the molecule is Cc1nn(C)c2sc(-c3ccc(CN)nn3)cc12. The molecule has 0 spiro atoms. The van der Waals surface area contributed by atoms with Gasteiger partial charge in [0, 0.05) is 19.0 Å². The van der Waals surface area contributed by atoms with E-state index in [1.807, 2.05) is 30.8 Å². The molecule has 0 amide bonds. The Kier molecular flexibility index (Phi) is 2.61. The van der Waals surface area contributed by atoms with Gasteiger partial charge in [0.1, 0.15) is 10.5 Å². The first-order chi connectivity index (χ1) is 8.69. The number of nitrogens with zero attached hydrogens (tertiary/aromatic N) is 4. The Bertz CT molecular complexity index is 661. The maximum atomic E-state index is 5.51. The summed E-state index contributed by atoms with van der Waals surface area (Å²) in [6, 6.07) is 6.00. The molecule has 0 radical (unpaired) electrons. The van der Waals surface area contributed by atoms with Gasteiger partial charge in [0.25, 0.3) is 0 Å². The molecule has 0 atom stereocenters. The highest BCUT2D eigenvalue weighted by Crippen LogP contribution is 2.33. The minimum atomic E-state index is 0.419. The first kappa shape index (κ1) is 11.3. The zero-order chi connectivity index (χ0) is 12.7. The Labute approximate surface area is 108 Å². The average molecular weight is 259 g/mol. The van der Waals surface area contributed by atoms with Crippen LogP contribution in [0.25, 0.3) is 20.8 Å². The molecule has 0 saturated carbocycles. The molecule has 3 aromatic heterocycles. The van der Waals surface area contributed by atoms with Crippen LogP contribution in [0.4, 0.5) is 0 Å². The predicted molar refractivity (Wildman–Crippen MR) is 72.2 cm³/mol. The lowest BCUT2D eigenvalue weighted by atomic mass is 10.2. The maximum absolute atomic E-state index is 5.51. The molecule has 0 bridgehead atoms. The topological polar surface area (TPSA) is 69.6 Å². The molecular weight excluding hydrogens is 246 g/mol. The smallest absolute Gasteiger partial charge is 0.121 e. The van der Waals surface area contributed by atoms with Gasteiger partial charge in [-0.2, -0.15) is 10.2 Å². The van der Waals surface area contributed by atoms with E-state index >= 15 is 0 Å². The van der Waals surface area contributed by atoms with Crippen molar-refractivity contribution in [3.8, 4) is 10.6 Å². The summed E-state index contributed by atoms with van der Waals surface area (Å²) in [4.78, 5) is 2.27. The zero-order valence-corrected chi connectivity index (χ0v) is 11.0. The van der Waals surface area contributed by atoms with Crippen molar-refractivity contribution in [2.45, 2.75) is 13.5 Å². The maximum Gasteiger partial charge on any atom is 0.121 e. The van der Waals surface area contributed by atoms with Crippen LogP contribution in [0.2, 0.25) is 0 Å². The normalized spacial score (nSPS) is 11.3. The van der Waals surface area contributed by atoms with Crippen molar-refractivity contribution in [3.63, 3.8) is 0 Å². The molecule has 0 aromatic carbocycles. The van der Waals surface area contributed by atoms with E-state index in [-0.39, 0.29) is 0 Å². The Balaban J connectivity index is 2.10. The van der Waals surface area contributed by atoms with E-state index in [1.54, 1.807) is 11.3 Å². The summed E-state index contributed by atoms with van der Waals surface area (Å²) in [6.45, 7) is 2.44. The van der Waals surface area contributed by atoms with E-state index in [1.165, 1.54) is 5.39 Å². The van der Waals surface area contributed by atoms with Crippen molar-refractivity contribution in [3.05, 3.63) is 29.6 Å². The second-order valence-electron chi connectivity index (χ2n) is 4.15. The first-order valence-electron chi connectivity index (χ1n) is 5.65. The molecule has 0 aliphatic heterocycles. The van der Waals surface area contributed by atoms with Gasteiger partial charge in [0.15, 0.2) is 0 Å². The van der Waals surface area contributed by atoms with Gasteiger partial charge in [-0.15, -0.1) is 16.4 Å². The Hall–Kier alpha value is -1.79. The zero-order valence-electron chi connectivity index (χ0n) is 10.2. The van der Waals surface area contributed by atoms with Crippen molar-refractivity contribution < 1.29 is 0 Å². The Morgan fingerprint density at radius 1 is 1.33 bits per heavy atom. The van der Waals surface area contributed by atoms with Crippen LogP contribution in [-0.2, 0) is 13.6 Å². The van der Waals surface area contributed by atoms with E-state index in [2.05, 4.69) is 21.4 Å². The van der Waals surface area contributed by atoms with Crippen LogP contribution in [0.5, 0.6) is 0 Å². The third-order valence-electron chi connectivity index (χ3n) is 2.88. The van der Waals surface area contributed by atoms with Gasteiger partial charge >= 0.3 is 0 Å². The summed E-state index contributed by atoms with van der Waals surface area (Å²) in [5.74, 6) is 0. The fraction of sp³-hybridized carbons (Fsp3) is 0.250. The second kappa shape index (κ2) is 4.15. The van der Waals surface area contributed by atoms with Crippen LogP contribution >= 0.6 is 11.3 Å². The Morgan fingerprint density at radius 3 is 2.78 bits per heavy atom. The number of aromatic nitrogens is 4. The van der Waals surface area contributed by atoms with E-state index in [4.69, 9.17) is 5.73 Å². The van der Waals surface area contributed by atoms with Crippen LogP contribution in [0, 0.1) is 6.92 Å². The number of nitrogens with two attached hydrogens (primary N) is 1. The first-order valence-corrected chi connectivity index (χ1v) is 6.47. The summed E-state index contributed by atoms with van der Waals surface area (Å²) < 4.78 is 1.90. The van der Waals surface area contributed by atoms with Crippen molar-refractivity contribution >= 4 is 21.6 Å². The molecule has 0 aliphatic rings. The van der Waals surface area contributed by atoms with E-state index < -0.39 is 0 Å².